The first kappa shape index (κ1) is 28.0. The van der Waals surface area contributed by atoms with E-state index < -0.39 is 17.7 Å². The molecule has 212 valence electrons. The molecule has 0 bridgehead atoms. The number of carbonyl (C=O) groups is 2. The first-order valence-electron chi connectivity index (χ1n) is 13.9. The molecule has 8 heteroatoms. The van der Waals surface area contributed by atoms with E-state index >= 15 is 0 Å². The van der Waals surface area contributed by atoms with Gasteiger partial charge in [0, 0.05) is 12.7 Å². The van der Waals surface area contributed by atoms with E-state index in [1.54, 1.807) is 19.2 Å². The first-order valence-corrected chi connectivity index (χ1v) is 13.9. The number of ketones is 1. The molecule has 1 unspecified atom stereocenters. The largest absolute Gasteiger partial charge is 0.505 e. The zero-order valence-electron chi connectivity index (χ0n) is 23.9. The van der Waals surface area contributed by atoms with Crippen LogP contribution in [0.1, 0.15) is 53.9 Å². The van der Waals surface area contributed by atoms with Gasteiger partial charge in [0.1, 0.15) is 11.3 Å². The summed E-state index contributed by atoms with van der Waals surface area (Å²) in [7, 11) is 1.56. The van der Waals surface area contributed by atoms with Crippen LogP contribution in [0.25, 0.3) is 11.4 Å². The second-order valence-corrected chi connectivity index (χ2v) is 10.3. The van der Waals surface area contributed by atoms with Crippen molar-refractivity contribution >= 4 is 23.1 Å². The Morgan fingerprint density at radius 1 is 1.02 bits per heavy atom. The molecule has 0 saturated carbocycles. The van der Waals surface area contributed by atoms with Crippen LogP contribution in [0.2, 0.25) is 0 Å². The smallest absolute Gasteiger partial charge is 0.295 e. The van der Waals surface area contributed by atoms with Gasteiger partial charge in [-0.05, 0) is 61.6 Å². The van der Waals surface area contributed by atoms with E-state index in [1.807, 2.05) is 73.0 Å². The summed E-state index contributed by atoms with van der Waals surface area (Å²) in [5.41, 5.74) is 4.24. The minimum Gasteiger partial charge on any atom is -0.505 e. The van der Waals surface area contributed by atoms with Crippen LogP contribution in [-0.4, -0.2) is 51.3 Å². The molecule has 0 radical (unpaired) electrons. The molecule has 41 heavy (non-hydrogen) atoms. The van der Waals surface area contributed by atoms with Gasteiger partial charge in [0.05, 0.1) is 31.0 Å². The van der Waals surface area contributed by atoms with Crippen LogP contribution < -0.4 is 9.47 Å². The maximum absolute atomic E-state index is 13.6. The van der Waals surface area contributed by atoms with E-state index in [2.05, 4.69) is 11.9 Å². The van der Waals surface area contributed by atoms with Crippen LogP contribution in [0.4, 0.5) is 0 Å². The van der Waals surface area contributed by atoms with Gasteiger partial charge in [0.25, 0.3) is 11.7 Å². The van der Waals surface area contributed by atoms with E-state index in [0.29, 0.717) is 41.4 Å². The van der Waals surface area contributed by atoms with E-state index in [1.165, 1.54) is 4.90 Å². The van der Waals surface area contributed by atoms with Crippen molar-refractivity contribution in [2.75, 3.05) is 20.3 Å². The Morgan fingerprint density at radius 3 is 2.51 bits per heavy atom. The minimum atomic E-state index is -0.831. The summed E-state index contributed by atoms with van der Waals surface area (Å²) in [5, 5.41) is 11.7. The molecule has 1 amide bonds. The number of pyridine rings is 1. The lowest BCUT2D eigenvalue weighted by Crippen LogP contribution is -2.31. The van der Waals surface area contributed by atoms with Gasteiger partial charge in [-0.1, -0.05) is 55.8 Å². The van der Waals surface area contributed by atoms with E-state index in [4.69, 9.17) is 9.47 Å². The number of carbonyl (C=O) groups excluding carboxylic acids is 2. The molecule has 0 spiro atoms. The summed E-state index contributed by atoms with van der Waals surface area (Å²) in [6.07, 6.45) is 4.31. The van der Waals surface area contributed by atoms with E-state index in [0.717, 1.165) is 24.0 Å². The number of aliphatic hydroxyl groups is 1. The van der Waals surface area contributed by atoms with Crippen molar-refractivity contribution in [2.24, 2.45) is 0 Å². The molecule has 2 aromatic carbocycles. The monoisotopic (exact) mass is 553 g/mol. The summed E-state index contributed by atoms with van der Waals surface area (Å²) in [4.78, 5) is 33.3. The molecule has 3 heterocycles. The Bertz CT molecular complexity index is 1620. The number of hydrogen-bond acceptors (Lipinski definition) is 6. The fourth-order valence-electron chi connectivity index (χ4n) is 5.33. The van der Waals surface area contributed by atoms with Gasteiger partial charge in [-0.2, -0.15) is 0 Å². The molecule has 0 aliphatic carbocycles. The number of imidazole rings is 1. The number of likely N-dealkylation sites (tertiary alicyclic amines) is 1. The second-order valence-electron chi connectivity index (χ2n) is 10.3. The van der Waals surface area contributed by atoms with Crippen molar-refractivity contribution < 1.29 is 24.2 Å². The Balaban J connectivity index is 1.63. The van der Waals surface area contributed by atoms with Gasteiger partial charge >= 0.3 is 0 Å². The number of rotatable bonds is 10. The summed E-state index contributed by atoms with van der Waals surface area (Å²) in [5.74, 6) is -0.619. The zero-order chi connectivity index (χ0) is 29.1. The number of benzene rings is 2. The summed E-state index contributed by atoms with van der Waals surface area (Å²) < 4.78 is 13.4. The topological polar surface area (TPSA) is 93.4 Å². The molecule has 1 saturated heterocycles. The second kappa shape index (κ2) is 11.9. The minimum absolute atomic E-state index is 0.00826. The Kier molecular flexibility index (Phi) is 8.10. The molecule has 2 aromatic heterocycles. The van der Waals surface area contributed by atoms with Crippen molar-refractivity contribution in [3.05, 3.63) is 101 Å². The molecule has 1 N–H and O–H groups in total. The first-order chi connectivity index (χ1) is 19.8. The fourth-order valence-corrected chi connectivity index (χ4v) is 5.33. The molecule has 8 nitrogen and oxygen atoms in total. The normalized spacial score (nSPS) is 16.5. The van der Waals surface area contributed by atoms with Crippen molar-refractivity contribution in [3.63, 3.8) is 0 Å². The Morgan fingerprint density at radius 2 is 1.80 bits per heavy atom. The van der Waals surface area contributed by atoms with Gasteiger partial charge < -0.3 is 23.9 Å². The number of nitrogens with zero attached hydrogens (tertiary/aromatic N) is 3. The number of Topliss-reactive ketones (excluding diaryl/α,β-unsaturated/α-hetero) is 1. The standard InChI is InChI=1S/C33H35N3O5/c1-5-6-19-41-25-15-14-24(20-26(25)40-4)29-27(30(37)28-22(3)35-17-10-11-21(2)32(35)34-28)31(38)33(39)36(29)18-16-23-12-8-7-9-13-23/h7-15,17,20,29,37H,5-6,16,18-19H2,1-4H3/b30-27+. The lowest BCUT2D eigenvalue weighted by Gasteiger charge is -2.26. The van der Waals surface area contributed by atoms with Gasteiger partial charge in [-0.25, -0.2) is 4.98 Å². The molecule has 1 fully saturated rings. The molecule has 1 aliphatic heterocycles. The molecule has 1 aliphatic rings. The number of amides is 1. The van der Waals surface area contributed by atoms with Crippen molar-refractivity contribution in [1.82, 2.24) is 14.3 Å². The number of aliphatic hydroxyl groups excluding tert-OH is 1. The number of methoxy groups -OCH3 is 1. The fraction of sp³-hybridized carbons (Fsp3) is 0.303. The number of ether oxygens (including phenoxy) is 2. The average molecular weight is 554 g/mol. The predicted octanol–water partition coefficient (Wildman–Crippen LogP) is 5.80. The quantitative estimate of drug-likeness (QED) is 0.115. The number of aryl methyl sites for hydroxylation is 2. The highest BCUT2D eigenvalue weighted by molar-refractivity contribution is 6.46. The molecular formula is C33H35N3O5. The summed E-state index contributed by atoms with van der Waals surface area (Å²) in [6, 6.07) is 18.2. The van der Waals surface area contributed by atoms with Crippen molar-refractivity contribution in [3.8, 4) is 11.5 Å². The van der Waals surface area contributed by atoms with E-state index in [-0.39, 0.29) is 23.6 Å². The Labute approximate surface area is 239 Å². The highest BCUT2D eigenvalue weighted by Gasteiger charge is 2.46. The van der Waals surface area contributed by atoms with Gasteiger partial charge in [0.15, 0.2) is 17.3 Å². The summed E-state index contributed by atoms with van der Waals surface area (Å²) >= 11 is 0. The number of aromatic nitrogens is 2. The number of unbranched alkanes of at least 4 members (excludes halogenated alkanes) is 1. The highest BCUT2D eigenvalue weighted by Crippen LogP contribution is 2.42. The number of hydrogen-bond donors (Lipinski definition) is 1. The zero-order valence-corrected chi connectivity index (χ0v) is 23.9. The molecule has 5 rings (SSSR count). The van der Waals surface area contributed by atoms with Crippen LogP contribution in [-0.2, 0) is 16.0 Å². The van der Waals surface area contributed by atoms with Gasteiger partial charge in [-0.3, -0.25) is 9.59 Å². The molecule has 1 atom stereocenters. The van der Waals surface area contributed by atoms with Crippen LogP contribution >= 0.6 is 0 Å². The van der Waals surface area contributed by atoms with E-state index in [9.17, 15) is 14.7 Å². The van der Waals surface area contributed by atoms with Crippen molar-refractivity contribution in [1.29, 1.82) is 0 Å². The molecular weight excluding hydrogens is 518 g/mol. The predicted molar refractivity (Wildman–Crippen MR) is 157 cm³/mol. The third-order valence-electron chi connectivity index (χ3n) is 7.59. The number of fused-ring (bicyclic) bond motifs is 1. The highest BCUT2D eigenvalue weighted by atomic mass is 16.5. The maximum atomic E-state index is 13.6. The summed E-state index contributed by atoms with van der Waals surface area (Å²) in [6.45, 7) is 6.70. The van der Waals surface area contributed by atoms with Crippen LogP contribution in [0.5, 0.6) is 11.5 Å². The van der Waals surface area contributed by atoms with Gasteiger partial charge in [-0.15, -0.1) is 0 Å². The van der Waals surface area contributed by atoms with Gasteiger partial charge in [0.2, 0.25) is 0 Å². The van der Waals surface area contributed by atoms with Crippen LogP contribution in [0.3, 0.4) is 0 Å². The molecule has 4 aromatic rings. The average Bonchev–Trinajstić information content (AvgIpc) is 3.46. The van der Waals surface area contributed by atoms with Crippen LogP contribution in [0, 0.1) is 13.8 Å². The third-order valence-corrected chi connectivity index (χ3v) is 7.59. The van der Waals surface area contributed by atoms with Crippen LogP contribution in [0.15, 0.2) is 72.4 Å². The van der Waals surface area contributed by atoms with Crippen molar-refractivity contribution in [2.45, 2.75) is 46.1 Å². The maximum Gasteiger partial charge on any atom is 0.295 e. The lowest BCUT2D eigenvalue weighted by atomic mass is 9.95. The SMILES string of the molecule is CCCCOc1ccc(C2/C(=C(\O)c3nc4c(C)cccn4c3C)C(=O)C(=O)N2CCc2ccccc2)cc1OC. The third kappa shape index (κ3) is 5.29. The lowest BCUT2D eigenvalue weighted by molar-refractivity contribution is -0.139. The Hall–Kier alpha value is -4.59.